The Hall–Kier alpha value is -2.18. The van der Waals surface area contributed by atoms with Gasteiger partial charge in [-0.25, -0.2) is 11.7 Å². The molecule has 0 fully saturated rings. The van der Waals surface area contributed by atoms with Gasteiger partial charge in [-0.05, 0) is 0 Å². The zero-order valence-corrected chi connectivity index (χ0v) is 7.06. The zero-order valence-electron chi connectivity index (χ0n) is 7.06. The van der Waals surface area contributed by atoms with Gasteiger partial charge < -0.3 is 4.74 Å². The van der Waals surface area contributed by atoms with E-state index in [1.807, 2.05) is 0 Å². The van der Waals surface area contributed by atoms with Gasteiger partial charge in [-0.2, -0.15) is 20.2 Å². The van der Waals surface area contributed by atoms with Crippen molar-refractivity contribution in [1.29, 1.82) is 5.26 Å². The van der Waals surface area contributed by atoms with Crippen LogP contribution in [0.5, 0.6) is 6.01 Å². The van der Waals surface area contributed by atoms with Gasteiger partial charge >= 0.3 is 6.01 Å². The summed E-state index contributed by atoms with van der Waals surface area (Å²) in [6, 6.07) is 1.73. The van der Waals surface area contributed by atoms with Gasteiger partial charge in [-0.1, -0.05) is 0 Å². The average molecular weight is 196 g/mol. The molecule has 0 saturated heterocycles. The molecule has 6 N–H and O–H groups in total. The molecule has 0 unspecified atom stereocenters. The largest absolute Gasteiger partial charge is 0.448 e. The van der Waals surface area contributed by atoms with E-state index >= 15 is 0 Å². The maximum absolute atomic E-state index is 8.25. The Bertz CT molecular complexity index is 324. The van der Waals surface area contributed by atoms with Crippen LogP contribution in [0.25, 0.3) is 0 Å². The van der Waals surface area contributed by atoms with Crippen molar-refractivity contribution in [3.05, 3.63) is 0 Å². The van der Waals surface area contributed by atoms with Crippen molar-refractivity contribution in [2.45, 2.75) is 0 Å². The third-order valence-corrected chi connectivity index (χ3v) is 1.14. The SMILES string of the molecule is N#CCOc1nc(NN)nc(NN)n1. The van der Waals surface area contributed by atoms with Crippen LogP contribution in [0.1, 0.15) is 0 Å². The summed E-state index contributed by atoms with van der Waals surface area (Å²) < 4.78 is 4.83. The Morgan fingerprint density at radius 1 is 1.21 bits per heavy atom. The van der Waals surface area contributed by atoms with Gasteiger partial charge in [0.25, 0.3) is 0 Å². The number of nitrogens with one attached hydrogen (secondary N) is 2. The molecule has 0 aliphatic rings. The lowest BCUT2D eigenvalue weighted by Crippen LogP contribution is -2.16. The molecule has 1 aromatic rings. The highest BCUT2D eigenvalue weighted by atomic mass is 16.5. The van der Waals surface area contributed by atoms with E-state index in [2.05, 4.69) is 25.8 Å². The lowest BCUT2D eigenvalue weighted by Gasteiger charge is -2.04. The topological polar surface area (TPSA) is 148 Å². The number of hydrogen-bond acceptors (Lipinski definition) is 9. The summed E-state index contributed by atoms with van der Waals surface area (Å²) in [5.74, 6) is 10.3. The summed E-state index contributed by atoms with van der Waals surface area (Å²) >= 11 is 0. The summed E-state index contributed by atoms with van der Waals surface area (Å²) in [6.45, 7) is -0.169. The van der Waals surface area contributed by atoms with E-state index in [4.69, 9.17) is 21.7 Å². The van der Waals surface area contributed by atoms with E-state index < -0.39 is 0 Å². The molecule has 0 aliphatic heterocycles. The van der Waals surface area contributed by atoms with Crippen LogP contribution in [0.2, 0.25) is 0 Å². The van der Waals surface area contributed by atoms with Crippen molar-refractivity contribution in [1.82, 2.24) is 15.0 Å². The highest BCUT2D eigenvalue weighted by Crippen LogP contribution is 2.08. The molecule has 9 nitrogen and oxygen atoms in total. The Morgan fingerprint density at radius 2 is 1.79 bits per heavy atom. The molecule has 0 radical (unpaired) electrons. The van der Waals surface area contributed by atoms with E-state index in [-0.39, 0.29) is 24.5 Å². The second-order valence-corrected chi connectivity index (χ2v) is 2.00. The van der Waals surface area contributed by atoms with Gasteiger partial charge in [0, 0.05) is 0 Å². The second kappa shape index (κ2) is 4.75. The van der Waals surface area contributed by atoms with Gasteiger partial charge in [0.15, 0.2) is 6.61 Å². The third kappa shape index (κ3) is 2.41. The Morgan fingerprint density at radius 3 is 2.21 bits per heavy atom. The predicted octanol–water partition coefficient (Wildman–Crippen LogP) is -1.65. The molecular weight excluding hydrogens is 188 g/mol. The van der Waals surface area contributed by atoms with Crippen LogP contribution >= 0.6 is 0 Å². The number of ether oxygens (including phenoxy) is 1. The number of nitrogen functional groups attached to an aromatic ring is 2. The Kier molecular flexibility index (Phi) is 3.36. The molecule has 9 heteroatoms. The van der Waals surface area contributed by atoms with Crippen molar-refractivity contribution in [3.8, 4) is 12.1 Å². The summed E-state index contributed by atoms with van der Waals surface area (Å²) in [7, 11) is 0. The van der Waals surface area contributed by atoms with Crippen LogP contribution in [0, 0.1) is 11.3 Å². The molecule has 0 atom stereocenters. The third-order valence-electron chi connectivity index (χ3n) is 1.14. The summed E-state index contributed by atoms with van der Waals surface area (Å²) in [5, 5.41) is 8.25. The maximum Gasteiger partial charge on any atom is 0.324 e. The number of aromatic nitrogens is 3. The van der Waals surface area contributed by atoms with Crippen LogP contribution in [-0.4, -0.2) is 21.6 Å². The summed E-state index contributed by atoms with van der Waals surface area (Å²) in [4.78, 5) is 11.1. The minimum Gasteiger partial charge on any atom is -0.448 e. The minimum atomic E-state index is -0.169. The first-order valence-electron chi connectivity index (χ1n) is 3.49. The summed E-state index contributed by atoms with van der Waals surface area (Å²) in [5.41, 5.74) is 4.40. The van der Waals surface area contributed by atoms with Crippen LogP contribution in [0.15, 0.2) is 0 Å². The van der Waals surface area contributed by atoms with Gasteiger partial charge in [0.05, 0.1) is 0 Å². The number of hydrogen-bond donors (Lipinski definition) is 4. The number of anilines is 2. The molecule has 0 spiro atoms. The fraction of sp³-hybridized carbons (Fsp3) is 0.200. The highest BCUT2D eigenvalue weighted by Gasteiger charge is 2.04. The molecule has 1 heterocycles. The fourth-order valence-corrected chi connectivity index (χ4v) is 0.647. The number of nitrogens with two attached hydrogens (primary N) is 2. The first kappa shape index (κ1) is 9.90. The van der Waals surface area contributed by atoms with Crippen molar-refractivity contribution in [3.63, 3.8) is 0 Å². The fourth-order valence-electron chi connectivity index (χ4n) is 0.647. The standard InChI is InChI=1S/C5H8N8O/c6-1-2-14-5-10-3(12-7)9-4(11-5)13-8/h2,7-8H2,(H2,9,10,11,12,13). The van der Waals surface area contributed by atoms with E-state index in [1.165, 1.54) is 0 Å². The first-order valence-corrected chi connectivity index (χ1v) is 3.49. The Balaban J connectivity index is 2.87. The number of nitriles is 1. The van der Waals surface area contributed by atoms with Crippen LogP contribution in [-0.2, 0) is 0 Å². The van der Waals surface area contributed by atoms with Crippen LogP contribution in [0.3, 0.4) is 0 Å². The van der Waals surface area contributed by atoms with Gasteiger partial charge in [-0.3, -0.25) is 10.9 Å². The molecule has 0 saturated carbocycles. The molecule has 0 amide bonds. The average Bonchev–Trinajstić information content (AvgIpc) is 2.25. The van der Waals surface area contributed by atoms with Crippen molar-refractivity contribution in [2.75, 3.05) is 17.5 Å². The lowest BCUT2D eigenvalue weighted by atomic mass is 10.8. The normalized spacial score (nSPS) is 8.93. The van der Waals surface area contributed by atoms with E-state index in [0.29, 0.717) is 0 Å². The molecule has 0 aliphatic carbocycles. The second-order valence-electron chi connectivity index (χ2n) is 2.00. The monoisotopic (exact) mass is 196 g/mol. The van der Waals surface area contributed by atoms with Gasteiger partial charge in [0.2, 0.25) is 11.9 Å². The lowest BCUT2D eigenvalue weighted by molar-refractivity contribution is 0.337. The Labute approximate surface area is 79.0 Å². The van der Waals surface area contributed by atoms with E-state index in [1.54, 1.807) is 6.07 Å². The van der Waals surface area contributed by atoms with E-state index in [0.717, 1.165) is 0 Å². The molecule has 0 aromatic carbocycles. The van der Waals surface area contributed by atoms with Gasteiger partial charge in [-0.15, -0.1) is 0 Å². The van der Waals surface area contributed by atoms with Crippen LogP contribution < -0.4 is 27.3 Å². The number of rotatable bonds is 4. The van der Waals surface area contributed by atoms with Crippen LogP contribution in [0.4, 0.5) is 11.9 Å². The van der Waals surface area contributed by atoms with Crippen molar-refractivity contribution in [2.24, 2.45) is 11.7 Å². The molecule has 1 rings (SSSR count). The van der Waals surface area contributed by atoms with Gasteiger partial charge in [0.1, 0.15) is 6.07 Å². The molecule has 1 aromatic heterocycles. The molecule has 14 heavy (non-hydrogen) atoms. The minimum absolute atomic E-state index is 0.0394. The van der Waals surface area contributed by atoms with Crippen molar-refractivity contribution < 1.29 is 4.74 Å². The van der Waals surface area contributed by atoms with E-state index in [9.17, 15) is 0 Å². The van der Waals surface area contributed by atoms with Crippen molar-refractivity contribution >= 4 is 11.9 Å². The highest BCUT2D eigenvalue weighted by molar-refractivity contribution is 5.33. The molecule has 0 bridgehead atoms. The maximum atomic E-state index is 8.25. The number of nitrogens with zero attached hydrogens (tertiary/aromatic N) is 4. The molecular formula is C5H8N8O. The first-order chi connectivity index (χ1) is 6.80. The number of hydrazine groups is 2. The quantitative estimate of drug-likeness (QED) is 0.328. The smallest absolute Gasteiger partial charge is 0.324 e. The molecule has 74 valence electrons. The predicted molar refractivity (Wildman–Crippen MR) is 46.6 cm³/mol. The summed E-state index contributed by atoms with van der Waals surface area (Å²) in [6.07, 6.45) is 0. The zero-order chi connectivity index (χ0) is 10.4.